The van der Waals surface area contributed by atoms with Gasteiger partial charge in [0.25, 0.3) is 0 Å². The molecule has 0 spiro atoms. The number of rotatable bonds is 6. The van der Waals surface area contributed by atoms with Crippen LogP contribution in [0, 0.1) is 0 Å². The molecule has 0 saturated heterocycles. The second kappa shape index (κ2) is 16.4. The van der Waals surface area contributed by atoms with Gasteiger partial charge in [-0.25, -0.2) is 9.59 Å². The van der Waals surface area contributed by atoms with Crippen LogP contribution in [-0.2, 0) is 63.9 Å². The number of carbonyl (C=O) groups excluding carboxylic acids is 3. The van der Waals surface area contributed by atoms with Gasteiger partial charge >= 0.3 is 11.9 Å². The predicted molar refractivity (Wildman–Crippen MR) is 89.3 cm³/mol. The van der Waals surface area contributed by atoms with Crippen molar-refractivity contribution in [1.29, 1.82) is 0 Å². The molecule has 0 amide bonds. The Hall–Kier alpha value is -2.26. The molecule has 0 atom stereocenters. The van der Waals surface area contributed by atoms with E-state index in [-0.39, 0.29) is 86.0 Å². The van der Waals surface area contributed by atoms with Crippen molar-refractivity contribution in [2.24, 2.45) is 0 Å². The number of carboxylic acid groups (broad SMARTS) is 4. The summed E-state index contributed by atoms with van der Waals surface area (Å²) in [5.41, 5.74) is -3.09. The molecule has 8 N–H and O–H groups in total. The predicted octanol–water partition coefficient (Wildman–Crippen LogP) is -2.89. The van der Waals surface area contributed by atoms with Crippen LogP contribution in [0.4, 0.5) is 0 Å². The maximum Gasteiger partial charge on any atom is 0.336 e. The van der Waals surface area contributed by atoms with Gasteiger partial charge in [-0.3, -0.25) is 4.79 Å². The van der Waals surface area contributed by atoms with Gasteiger partial charge in [-0.15, -0.1) is 0 Å². The molecule has 2 aromatic rings. The fraction of sp³-hybridized carbons (Fsp3) is 0. The molecular weight excluding hydrogens is 592 g/mol. The van der Waals surface area contributed by atoms with Gasteiger partial charge < -0.3 is 46.4 Å². The van der Waals surface area contributed by atoms with E-state index in [9.17, 15) is 34.2 Å². The Morgan fingerprint density at radius 1 is 0.625 bits per heavy atom. The molecule has 2 aromatic carbocycles. The van der Waals surface area contributed by atoms with Crippen molar-refractivity contribution in [3.8, 4) is 0 Å². The van der Waals surface area contributed by atoms with E-state index in [1.807, 2.05) is 0 Å². The van der Waals surface area contributed by atoms with E-state index in [4.69, 9.17) is 10.2 Å². The quantitative estimate of drug-likeness (QED) is 0.192. The molecule has 0 fully saturated rings. The monoisotopic (exact) mass is 602 g/mol. The Kier molecular flexibility index (Phi) is 20.5. The molecular formula is C17H14O12Zn3-2. The van der Waals surface area contributed by atoms with Gasteiger partial charge in [0.05, 0.1) is 23.1 Å². The van der Waals surface area contributed by atoms with E-state index in [1.54, 1.807) is 0 Å². The molecule has 2 rings (SSSR count). The van der Waals surface area contributed by atoms with Crippen molar-refractivity contribution in [1.82, 2.24) is 0 Å². The number of carboxylic acids is 4. The van der Waals surface area contributed by atoms with Crippen molar-refractivity contribution in [3.05, 3.63) is 69.8 Å². The first kappa shape index (κ1) is 40.1. The van der Waals surface area contributed by atoms with Crippen molar-refractivity contribution in [2.45, 2.75) is 0 Å². The number of benzene rings is 2. The van der Waals surface area contributed by atoms with Crippen LogP contribution in [0.1, 0.15) is 57.4 Å². The average Bonchev–Trinajstić information content (AvgIpc) is 2.59. The molecule has 32 heavy (non-hydrogen) atoms. The molecule has 0 bridgehead atoms. The maximum atomic E-state index is 12.4. The van der Waals surface area contributed by atoms with Crippen LogP contribution in [-0.4, -0.2) is 50.8 Å². The van der Waals surface area contributed by atoms with Crippen molar-refractivity contribution >= 4 is 29.7 Å². The number of carbonyl (C=O) groups is 5. The van der Waals surface area contributed by atoms with Crippen LogP contribution in [0.2, 0.25) is 0 Å². The molecule has 0 aromatic heterocycles. The molecule has 0 aliphatic carbocycles. The van der Waals surface area contributed by atoms with Gasteiger partial charge in [-0.1, -0.05) is 24.3 Å². The van der Waals surface area contributed by atoms with Gasteiger partial charge in [-0.2, -0.15) is 0 Å². The Balaban J connectivity index is -0.000000405. The molecule has 0 radical (unpaired) electrons. The van der Waals surface area contributed by atoms with Gasteiger partial charge in [0.2, 0.25) is 0 Å². The number of hydrogen-bond donors (Lipinski definition) is 2. The normalized spacial score (nSPS) is 8.25. The molecule has 0 aliphatic heterocycles. The van der Waals surface area contributed by atoms with E-state index < -0.39 is 51.9 Å². The number of hydrogen-bond acceptors (Lipinski definition) is 8. The largest absolute Gasteiger partial charge is 0.870 e. The minimum absolute atomic E-state index is 0. The summed E-state index contributed by atoms with van der Waals surface area (Å²) in [6.45, 7) is 0. The second-order valence-corrected chi connectivity index (χ2v) is 5.04. The number of aromatic carboxylic acids is 4. The van der Waals surface area contributed by atoms with Crippen molar-refractivity contribution in [2.75, 3.05) is 0 Å². The molecule has 15 heteroatoms. The Morgan fingerprint density at radius 2 is 0.906 bits per heavy atom. The van der Waals surface area contributed by atoms with Crippen LogP contribution in [0.15, 0.2) is 36.4 Å². The van der Waals surface area contributed by atoms with E-state index >= 15 is 0 Å². The fourth-order valence-electron chi connectivity index (χ4n) is 2.25. The van der Waals surface area contributed by atoms with Gasteiger partial charge in [0.15, 0.2) is 5.78 Å². The van der Waals surface area contributed by atoms with E-state index in [0.29, 0.717) is 0 Å². The molecule has 162 valence electrons. The summed E-state index contributed by atoms with van der Waals surface area (Å²) in [4.78, 5) is 56.6. The third kappa shape index (κ3) is 8.70. The molecule has 0 aliphatic rings. The second-order valence-electron chi connectivity index (χ2n) is 5.04. The Labute approximate surface area is 217 Å². The van der Waals surface area contributed by atoms with Gasteiger partial charge in [0, 0.05) is 80.7 Å². The smallest absolute Gasteiger partial charge is 0.336 e. The Morgan fingerprint density at radius 3 is 1.12 bits per heavy atom. The van der Waals surface area contributed by atoms with Gasteiger partial charge in [-0.05, 0) is 12.1 Å². The zero-order chi connectivity index (χ0) is 19.6. The summed E-state index contributed by atoms with van der Waals surface area (Å²) < 4.78 is 0. The summed E-state index contributed by atoms with van der Waals surface area (Å²) in [7, 11) is 0. The van der Waals surface area contributed by atoms with E-state index in [0.717, 1.165) is 36.4 Å². The molecule has 12 nitrogen and oxygen atoms in total. The van der Waals surface area contributed by atoms with Crippen molar-refractivity contribution < 1.29 is 119 Å². The Bertz CT molecular complexity index is 913. The van der Waals surface area contributed by atoms with Crippen LogP contribution in [0.5, 0.6) is 0 Å². The minimum Gasteiger partial charge on any atom is -0.870 e. The van der Waals surface area contributed by atoms with Crippen molar-refractivity contribution in [3.63, 3.8) is 0 Å². The molecule has 0 unspecified atom stereocenters. The first-order chi connectivity index (χ1) is 12.1. The third-order valence-electron chi connectivity index (χ3n) is 3.46. The van der Waals surface area contributed by atoms with E-state index in [2.05, 4.69) is 0 Å². The maximum absolute atomic E-state index is 12.4. The number of ketones is 1. The van der Waals surface area contributed by atoms with Gasteiger partial charge in [0.1, 0.15) is 0 Å². The first-order valence-corrected chi connectivity index (χ1v) is 6.85. The van der Waals surface area contributed by atoms with Crippen LogP contribution in [0.25, 0.3) is 0 Å². The first-order valence-electron chi connectivity index (χ1n) is 6.85. The molecule has 0 heterocycles. The fourth-order valence-corrected chi connectivity index (χ4v) is 2.25. The zero-order valence-electron chi connectivity index (χ0n) is 16.4. The minimum atomic E-state index is -1.74. The summed E-state index contributed by atoms with van der Waals surface area (Å²) >= 11 is 0. The summed E-state index contributed by atoms with van der Waals surface area (Å²) in [5, 5.41) is 39.9. The van der Waals surface area contributed by atoms with E-state index in [1.165, 1.54) is 0 Å². The average molecular weight is 606 g/mol. The van der Waals surface area contributed by atoms with Crippen LogP contribution in [0.3, 0.4) is 0 Å². The molecule has 0 saturated carbocycles. The summed E-state index contributed by atoms with van der Waals surface area (Å²) in [5.74, 6) is -7.51. The third-order valence-corrected chi connectivity index (χ3v) is 3.46. The van der Waals surface area contributed by atoms with Crippen LogP contribution < -0.4 is 10.2 Å². The summed E-state index contributed by atoms with van der Waals surface area (Å²) in [6.07, 6.45) is 0. The SMILES string of the molecule is O.O=C(c1ccc(C(=O)[O-])c(C(=O)O)c1)c1ccc(C(=O)[O-])c(C(=O)O)c1.[OH-].[OH3+].[Zn].[Zn].[Zn]. The summed E-state index contributed by atoms with van der Waals surface area (Å²) in [6, 6.07) is 5.44. The standard InChI is InChI=1S/C17H10O9.3H2O.3Zn/c18-13(7-1-3-9(14(19)20)11(5-7)16(23)24)8-2-4-10(15(21)22)12(6-8)17(25)26;;;;;;/h1-6H,(H,19,20)(H,21,22)(H,23,24)(H,25,26);3*1H2;;;/p-2. The zero-order valence-corrected chi connectivity index (χ0v) is 25.3. The topological polar surface area (TPSA) is 266 Å². The van der Waals surface area contributed by atoms with Crippen LogP contribution >= 0.6 is 0 Å².